The molecule has 2 amide bonds. The lowest BCUT2D eigenvalue weighted by atomic mass is 10.1. The number of hydrogen-bond acceptors (Lipinski definition) is 3. The number of hydrogen-bond donors (Lipinski definition) is 1. The van der Waals surface area contributed by atoms with Crippen molar-refractivity contribution in [1.29, 1.82) is 0 Å². The minimum absolute atomic E-state index is 0.0455. The van der Waals surface area contributed by atoms with Gasteiger partial charge in [-0.15, -0.1) is 0 Å². The van der Waals surface area contributed by atoms with Gasteiger partial charge in [0, 0.05) is 30.5 Å². The van der Waals surface area contributed by atoms with Crippen molar-refractivity contribution >= 4 is 23.6 Å². The van der Waals surface area contributed by atoms with Gasteiger partial charge in [-0.2, -0.15) is 11.8 Å². The highest BCUT2D eigenvalue weighted by Crippen LogP contribution is 2.16. The third-order valence-corrected chi connectivity index (χ3v) is 6.04. The molecule has 2 aromatic carbocycles. The third kappa shape index (κ3) is 7.82. The second kappa shape index (κ2) is 12.4. The monoisotopic (exact) mass is 430 g/mol. The molecule has 6 heteroatoms. The maximum Gasteiger partial charge on any atom is 0.242 e. The van der Waals surface area contributed by atoms with Crippen molar-refractivity contribution in [2.45, 2.75) is 58.0 Å². The lowest BCUT2D eigenvalue weighted by molar-refractivity contribution is -0.140. The van der Waals surface area contributed by atoms with E-state index in [2.05, 4.69) is 17.4 Å². The molecule has 0 spiro atoms. The molecule has 162 valence electrons. The molecule has 30 heavy (non-hydrogen) atoms. The molecule has 0 aliphatic heterocycles. The molecule has 0 saturated heterocycles. The first-order chi connectivity index (χ1) is 14.4. The van der Waals surface area contributed by atoms with Gasteiger partial charge in [-0.1, -0.05) is 49.4 Å². The molecule has 2 atom stereocenters. The smallest absolute Gasteiger partial charge is 0.242 e. The molecule has 1 N–H and O–H groups in total. The second-order valence-electron chi connectivity index (χ2n) is 7.43. The zero-order valence-corrected chi connectivity index (χ0v) is 18.8. The van der Waals surface area contributed by atoms with Gasteiger partial charge in [0.15, 0.2) is 0 Å². The van der Waals surface area contributed by atoms with Gasteiger partial charge >= 0.3 is 0 Å². The number of carbonyl (C=O) groups excluding carboxylic acids is 2. The molecular weight excluding hydrogens is 399 g/mol. The van der Waals surface area contributed by atoms with Crippen molar-refractivity contribution in [2.75, 3.05) is 5.75 Å². The number of benzene rings is 2. The van der Waals surface area contributed by atoms with E-state index in [1.165, 1.54) is 17.7 Å². The van der Waals surface area contributed by atoms with Crippen LogP contribution in [-0.4, -0.2) is 34.6 Å². The molecule has 0 heterocycles. The first-order valence-corrected chi connectivity index (χ1v) is 11.5. The predicted molar refractivity (Wildman–Crippen MR) is 122 cm³/mol. The van der Waals surface area contributed by atoms with E-state index in [9.17, 15) is 14.0 Å². The highest BCUT2D eigenvalue weighted by Gasteiger charge is 2.26. The predicted octanol–water partition coefficient (Wildman–Crippen LogP) is 4.78. The fraction of sp³-hybridized carbons (Fsp3) is 0.417. The number of thioether (sulfide) groups is 1. The Kier molecular flexibility index (Phi) is 9.87. The Morgan fingerprint density at radius 1 is 1.03 bits per heavy atom. The van der Waals surface area contributed by atoms with Gasteiger partial charge in [0.05, 0.1) is 0 Å². The minimum atomic E-state index is -0.601. The Hall–Kier alpha value is -2.34. The summed E-state index contributed by atoms with van der Waals surface area (Å²) in [6.07, 6.45) is 1.17. The van der Waals surface area contributed by atoms with Gasteiger partial charge in [0.1, 0.15) is 11.9 Å². The van der Waals surface area contributed by atoms with E-state index in [4.69, 9.17) is 0 Å². The van der Waals surface area contributed by atoms with Crippen LogP contribution in [0.2, 0.25) is 0 Å². The Labute approximate surface area is 183 Å². The number of amides is 2. The van der Waals surface area contributed by atoms with E-state index in [1.54, 1.807) is 35.7 Å². The number of rotatable bonds is 11. The molecule has 2 aromatic rings. The highest BCUT2D eigenvalue weighted by atomic mass is 32.2. The molecular formula is C24H31FN2O2S. The van der Waals surface area contributed by atoms with E-state index in [1.807, 2.05) is 32.0 Å². The van der Waals surface area contributed by atoms with E-state index >= 15 is 0 Å². The van der Waals surface area contributed by atoms with Gasteiger partial charge in [-0.05, 0) is 43.5 Å². The molecule has 0 aromatic heterocycles. The summed E-state index contributed by atoms with van der Waals surface area (Å²) in [6.45, 7) is 5.96. The summed E-state index contributed by atoms with van der Waals surface area (Å²) >= 11 is 1.70. The third-order valence-electron chi connectivity index (χ3n) is 5.01. The molecule has 4 nitrogen and oxygen atoms in total. The van der Waals surface area contributed by atoms with Crippen LogP contribution in [0.15, 0.2) is 54.6 Å². The quantitative estimate of drug-likeness (QED) is 0.522. The van der Waals surface area contributed by atoms with Crippen LogP contribution < -0.4 is 5.32 Å². The molecule has 0 aliphatic rings. The maximum atomic E-state index is 13.2. The van der Waals surface area contributed by atoms with E-state index in [0.717, 1.165) is 17.7 Å². The molecule has 0 fully saturated rings. The summed E-state index contributed by atoms with van der Waals surface area (Å²) in [6, 6.07) is 15.6. The summed E-state index contributed by atoms with van der Waals surface area (Å²) in [4.78, 5) is 27.2. The van der Waals surface area contributed by atoms with Gasteiger partial charge in [-0.25, -0.2) is 4.39 Å². The number of nitrogens with zero attached hydrogens (tertiary/aromatic N) is 1. The second-order valence-corrected chi connectivity index (χ2v) is 8.54. The SMILES string of the molecule is CC[C@H](C)NC(=O)[C@H](C)N(Cc1ccc(F)cc1)C(=O)CCSCc1ccccc1. The summed E-state index contributed by atoms with van der Waals surface area (Å²) in [5.41, 5.74) is 2.02. The van der Waals surface area contributed by atoms with Crippen LogP contribution in [0.3, 0.4) is 0 Å². The number of carbonyl (C=O) groups is 2. The lowest BCUT2D eigenvalue weighted by Crippen LogP contribution is -2.49. The fourth-order valence-electron chi connectivity index (χ4n) is 2.90. The molecule has 0 saturated carbocycles. The van der Waals surface area contributed by atoms with Crippen LogP contribution in [0.5, 0.6) is 0 Å². The van der Waals surface area contributed by atoms with Crippen LogP contribution in [0.4, 0.5) is 4.39 Å². The van der Waals surface area contributed by atoms with Crippen molar-refractivity contribution in [2.24, 2.45) is 0 Å². The van der Waals surface area contributed by atoms with Crippen LogP contribution in [-0.2, 0) is 21.9 Å². The summed E-state index contributed by atoms with van der Waals surface area (Å²) in [5.74, 6) is 0.948. The zero-order valence-electron chi connectivity index (χ0n) is 17.9. The Morgan fingerprint density at radius 3 is 2.33 bits per heavy atom. The normalized spacial score (nSPS) is 12.8. The molecule has 0 unspecified atom stereocenters. The minimum Gasteiger partial charge on any atom is -0.352 e. The van der Waals surface area contributed by atoms with Gasteiger partial charge in [0.25, 0.3) is 0 Å². The van der Waals surface area contributed by atoms with Crippen LogP contribution in [0.1, 0.15) is 44.7 Å². The molecule has 0 bridgehead atoms. The van der Waals surface area contributed by atoms with Crippen molar-refractivity contribution < 1.29 is 14.0 Å². The van der Waals surface area contributed by atoms with E-state index in [-0.39, 0.29) is 30.2 Å². The lowest BCUT2D eigenvalue weighted by Gasteiger charge is -2.29. The van der Waals surface area contributed by atoms with Crippen LogP contribution in [0, 0.1) is 5.82 Å². The fourth-order valence-corrected chi connectivity index (χ4v) is 3.79. The average Bonchev–Trinajstić information content (AvgIpc) is 2.76. The highest BCUT2D eigenvalue weighted by molar-refractivity contribution is 7.98. The number of nitrogens with one attached hydrogen (secondary N) is 1. The maximum absolute atomic E-state index is 13.2. The number of halogens is 1. The van der Waals surface area contributed by atoms with Crippen molar-refractivity contribution in [3.05, 3.63) is 71.5 Å². The summed E-state index contributed by atoms with van der Waals surface area (Å²) in [5, 5.41) is 2.95. The Balaban J connectivity index is 2.00. The van der Waals surface area contributed by atoms with E-state index < -0.39 is 6.04 Å². The van der Waals surface area contributed by atoms with E-state index in [0.29, 0.717) is 12.2 Å². The standard InChI is InChI=1S/C24H31FN2O2S/c1-4-18(2)26-24(29)19(3)27(16-20-10-12-22(25)13-11-20)23(28)14-15-30-17-21-8-6-5-7-9-21/h5-13,18-19H,4,14-17H2,1-3H3,(H,26,29)/t18-,19-/m0/s1. The Bertz CT molecular complexity index is 799. The van der Waals surface area contributed by atoms with Gasteiger partial charge in [0.2, 0.25) is 11.8 Å². The van der Waals surface area contributed by atoms with Gasteiger partial charge < -0.3 is 10.2 Å². The summed E-state index contributed by atoms with van der Waals surface area (Å²) in [7, 11) is 0. The van der Waals surface area contributed by atoms with Crippen LogP contribution in [0.25, 0.3) is 0 Å². The van der Waals surface area contributed by atoms with Crippen molar-refractivity contribution in [3.8, 4) is 0 Å². The molecule has 2 rings (SSSR count). The molecule has 0 radical (unpaired) electrons. The topological polar surface area (TPSA) is 49.4 Å². The van der Waals surface area contributed by atoms with Gasteiger partial charge in [-0.3, -0.25) is 9.59 Å². The van der Waals surface area contributed by atoms with Crippen molar-refractivity contribution in [3.63, 3.8) is 0 Å². The Morgan fingerprint density at radius 2 is 1.70 bits per heavy atom. The summed E-state index contributed by atoms with van der Waals surface area (Å²) < 4.78 is 13.2. The average molecular weight is 431 g/mol. The van der Waals surface area contributed by atoms with Crippen molar-refractivity contribution in [1.82, 2.24) is 10.2 Å². The zero-order chi connectivity index (χ0) is 21.9. The molecule has 0 aliphatic carbocycles. The largest absolute Gasteiger partial charge is 0.352 e. The van der Waals surface area contributed by atoms with Crippen LogP contribution >= 0.6 is 11.8 Å². The first-order valence-electron chi connectivity index (χ1n) is 10.4. The first kappa shape index (κ1) is 23.9.